The predicted molar refractivity (Wildman–Crippen MR) is 66.6 cm³/mol. The van der Waals surface area contributed by atoms with Crippen LogP contribution < -0.4 is 5.73 Å². The number of hydrogen-bond acceptors (Lipinski definition) is 2. The average molecular weight is 238 g/mol. The number of nitrogen functional groups attached to an aromatic ring is 1. The van der Waals surface area contributed by atoms with Crippen molar-refractivity contribution in [1.29, 1.82) is 5.41 Å². The second kappa shape index (κ2) is 5.27. The summed E-state index contributed by atoms with van der Waals surface area (Å²) < 4.78 is 19.5. The van der Waals surface area contributed by atoms with Crippen LogP contribution in [0.1, 0.15) is 38.3 Å². The smallest absolute Gasteiger partial charge is 0.139 e. The molecule has 1 aromatic rings. The van der Waals surface area contributed by atoms with Crippen molar-refractivity contribution < 1.29 is 9.13 Å². The lowest BCUT2D eigenvalue weighted by Crippen LogP contribution is -2.23. The molecule has 4 heteroatoms. The van der Waals surface area contributed by atoms with E-state index in [2.05, 4.69) is 0 Å². The quantitative estimate of drug-likeness (QED) is 0.612. The maximum Gasteiger partial charge on any atom is 0.139 e. The van der Waals surface area contributed by atoms with Crippen molar-refractivity contribution in [3.63, 3.8) is 0 Å². The number of ether oxygens (including phenoxy) is 1. The van der Waals surface area contributed by atoms with E-state index in [1.54, 1.807) is 12.1 Å². The maximum atomic E-state index is 13.9. The van der Waals surface area contributed by atoms with Gasteiger partial charge in [-0.1, -0.05) is 19.1 Å². The third-order valence-electron chi connectivity index (χ3n) is 2.84. The molecule has 0 aromatic heterocycles. The van der Waals surface area contributed by atoms with Gasteiger partial charge in [-0.2, -0.15) is 0 Å². The number of hydrogen-bond donors (Lipinski definition) is 2. The zero-order valence-electron chi connectivity index (χ0n) is 10.5. The van der Waals surface area contributed by atoms with Gasteiger partial charge in [0.05, 0.1) is 17.8 Å². The highest BCUT2D eigenvalue weighted by molar-refractivity contribution is 5.95. The van der Waals surface area contributed by atoms with Crippen LogP contribution in [0.25, 0.3) is 0 Å². The van der Waals surface area contributed by atoms with Crippen molar-refractivity contribution in [1.82, 2.24) is 0 Å². The van der Waals surface area contributed by atoms with Crippen molar-refractivity contribution in [2.45, 2.75) is 39.4 Å². The highest BCUT2D eigenvalue weighted by Gasteiger charge is 2.17. The van der Waals surface area contributed by atoms with E-state index in [-0.39, 0.29) is 23.6 Å². The largest absolute Gasteiger partial charge is 0.384 e. The van der Waals surface area contributed by atoms with E-state index in [1.165, 1.54) is 6.07 Å². The van der Waals surface area contributed by atoms with Gasteiger partial charge in [-0.05, 0) is 26.3 Å². The third kappa shape index (κ3) is 3.53. The van der Waals surface area contributed by atoms with E-state index in [0.717, 1.165) is 6.42 Å². The molecular weight excluding hydrogens is 219 g/mol. The highest BCUT2D eigenvalue weighted by Crippen LogP contribution is 2.19. The zero-order chi connectivity index (χ0) is 13.1. The molecule has 0 aliphatic rings. The first-order valence-corrected chi connectivity index (χ1v) is 5.63. The van der Waals surface area contributed by atoms with Crippen molar-refractivity contribution in [3.8, 4) is 0 Å². The van der Waals surface area contributed by atoms with Crippen LogP contribution in [-0.2, 0) is 11.3 Å². The van der Waals surface area contributed by atoms with E-state index >= 15 is 0 Å². The number of halogens is 1. The van der Waals surface area contributed by atoms with Gasteiger partial charge in [0.1, 0.15) is 11.7 Å². The Labute approximate surface area is 101 Å². The van der Waals surface area contributed by atoms with Crippen LogP contribution in [0.15, 0.2) is 18.2 Å². The molecular formula is C13H19FN2O. The first-order chi connectivity index (χ1) is 7.87. The van der Waals surface area contributed by atoms with Gasteiger partial charge < -0.3 is 10.5 Å². The molecule has 0 atom stereocenters. The molecule has 17 heavy (non-hydrogen) atoms. The van der Waals surface area contributed by atoms with E-state index in [0.29, 0.717) is 5.56 Å². The Kier molecular flexibility index (Phi) is 4.23. The Morgan fingerprint density at radius 1 is 1.47 bits per heavy atom. The van der Waals surface area contributed by atoms with Crippen LogP contribution in [0.5, 0.6) is 0 Å². The lowest BCUT2D eigenvalue weighted by atomic mass is 10.1. The molecule has 1 rings (SSSR count). The monoisotopic (exact) mass is 238 g/mol. The first-order valence-electron chi connectivity index (χ1n) is 5.63. The van der Waals surface area contributed by atoms with Crippen molar-refractivity contribution in [2.75, 3.05) is 0 Å². The van der Waals surface area contributed by atoms with Crippen molar-refractivity contribution in [2.24, 2.45) is 5.73 Å². The summed E-state index contributed by atoms with van der Waals surface area (Å²) in [7, 11) is 0. The van der Waals surface area contributed by atoms with Crippen molar-refractivity contribution in [3.05, 3.63) is 35.1 Å². The zero-order valence-corrected chi connectivity index (χ0v) is 10.5. The molecule has 0 spiro atoms. The molecule has 0 bridgehead atoms. The molecule has 94 valence electrons. The summed E-state index contributed by atoms with van der Waals surface area (Å²) in [4.78, 5) is 0. The molecule has 0 amide bonds. The minimum absolute atomic E-state index is 0.125. The van der Waals surface area contributed by atoms with Gasteiger partial charge in [-0.3, -0.25) is 5.41 Å². The number of benzene rings is 1. The Morgan fingerprint density at radius 3 is 2.65 bits per heavy atom. The lowest BCUT2D eigenvalue weighted by molar-refractivity contribution is -0.0326. The second-order valence-corrected chi connectivity index (χ2v) is 4.59. The van der Waals surface area contributed by atoms with Gasteiger partial charge >= 0.3 is 0 Å². The van der Waals surface area contributed by atoms with Gasteiger partial charge in [0.25, 0.3) is 0 Å². The minimum atomic E-state index is -0.466. The Hall–Kier alpha value is -1.42. The molecule has 0 aliphatic carbocycles. The molecule has 0 radical (unpaired) electrons. The molecule has 3 nitrogen and oxygen atoms in total. The molecule has 0 saturated carbocycles. The Bertz CT molecular complexity index is 416. The molecule has 0 unspecified atom stereocenters. The SMILES string of the molecule is CCC(C)(C)OCc1cccc(C(=N)N)c1F. The summed E-state index contributed by atoms with van der Waals surface area (Å²) in [5.41, 5.74) is 5.57. The molecule has 0 aliphatic heterocycles. The summed E-state index contributed by atoms with van der Waals surface area (Å²) >= 11 is 0. The maximum absolute atomic E-state index is 13.9. The van der Waals surface area contributed by atoms with Crippen LogP contribution in [0.3, 0.4) is 0 Å². The summed E-state index contributed by atoms with van der Waals surface area (Å²) in [6.45, 7) is 6.12. The van der Waals surface area contributed by atoms with Crippen LogP contribution in [0.2, 0.25) is 0 Å². The molecule has 0 fully saturated rings. The standard InChI is InChI=1S/C13H19FN2O/c1-4-13(2,3)17-8-9-6-5-7-10(11(9)14)12(15)16/h5-7H,4,8H2,1-3H3,(H3,15,16). The highest BCUT2D eigenvalue weighted by atomic mass is 19.1. The summed E-state index contributed by atoms with van der Waals surface area (Å²) in [6.07, 6.45) is 0.848. The molecule has 1 aromatic carbocycles. The topological polar surface area (TPSA) is 59.1 Å². The van der Waals surface area contributed by atoms with Crippen molar-refractivity contribution >= 4 is 5.84 Å². The average Bonchev–Trinajstić information content (AvgIpc) is 2.27. The Balaban J connectivity index is 2.86. The fourth-order valence-electron chi connectivity index (χ4n) is 1.27. The fourth-order valence-corrected chi connectivity index (χ4v) is 1.27. The number of nitrogens with one attached hydrogen (secondary N) is 1. The predicted octanol–water partition coefficient (Wildman–Crippen LogP) is 2.81. The van der Waals surface area contributed by atoms with Crippen LogP contribution >= 0.6 is 0 Å². The number of amidine groups is 1. The first kappa shape index (κ1) is 13.6. The summed E-state index contributed by atoms with van der Waals surface area (Å²) in [5, 5.41) is 7.26. The third-order valence-corrected chi connectivity index (χ3v) is 2.84. The summed E-state index contributed by atoms with van der Waals surface area (Å²) in [6, 6.07) is 4.82. The van der Waals surface area contributed by atoms with E-state index < -0.39 is 5.82 Å². The van der Waals surface area contributed by atoms with Crippen LogP contribution in [-0.4, -0.2) is 11.4 Å². The van der Waals surface area contributed by atoms with Gasteiger partial charge in [-0.15, -0.1) is 0 Å². The van der Waals surface area contributed by atoms with E-state index in [1.807, 2.05) is 20.8 Å². The Morgan fingerprint density at radius 2 is 2.12 bits per heavy atom. The van der Waals surface area contributed by atoms with Gasteiger partial charge in [0, 0.05) is 5.56 Å². The van der Waals surface area contributed by atoms with Gasteiger partial charge in [0.2, 0.25) is 0 Å². The second-order valence-electron chi connectivity index (χ2n) is 4.59. The number of rotatable bonds is 5. The lowest BCUT2D eigenvalue weighted by Gasteiger charge is -2.23. The molecule has 0 heterocycles. The summed E-state index contributed by atoms with van der Waals surface area (Å²) in [5.74, 6) is -0.731. The molecule has 0 saturated heterocycles. The van der Waals surface area contributed by atoms with Gasteiger partial charge in [0.15, 0.2) is 0 Å². The van der Waals surface area contributed by atoms with E-state index in [4.69, 9.17) is 15.9 Å². The van der Waals surface area contributed by atoms with Crippen LogP contribution in [0, 0.1) is 11.2 Å². The van der Waals surface area contributed by atoms with Gasteiger partial charge in [-0.25, -0.2) is 4.39 Å². The van der Waals surface area contributed by atoms with E-state index in [9.17, 15) is 4.39 Å². The van der Waals surface area contributed by atoms with Crippen LogP contribution in [0.4, 0.5) is 4.39 Å². The normalized spacial score (nSPS) is 11.5. The minimum Gasteiger partial charge on any atom is -0.384 e. The number of nitrogens with two attached hydrogens (primary N) is 1. The fraction of sp³-hybridized carbons (Fsp3) is 0.462. The molecule has 3 N–H and O–H groups in total.